The Bertz CT molecular complexity index is 299. The van der Waals surface area contributed by atoms with Crippen LogP contribution in [-0.2, 0) is 12.4 Å². The van der Waals surface area contributed by atoms with Gasteiger partial charge < -0.3 is 0 Å². The van der Waals surface area contributed by atoms with Crippen LogP contribution in [0.3, 0.4) is 0 Å². The lowest BCUT2D eigenvalue weighted by Crippen LogP contribution is -1.62. The van der Waals surface area contributed by atoms with Crippen LogP contribution in [-0.4, -0.2) is 5.16 Å². The predicted molar refractivity (Wildman–Crippen MR) is 50.6 cm³/mol. The molecule has 1 aromatic carbocycles. The van der Waals surface area contributed by atoms with Gasteiger partial charge in [0.25, 0.3) is 0 Å². The summed E-state index contributed by atoms with van der Waals surface area (Å²) >= 11 is 8.92. The topological polar surface area (TPSA) is 24.7 Å². The Morgan fingerprint density at radius 1 is 1.09 bits per heavy atom. The van der Waals surface area contributed by atoms with Gasteiger partial charge in [0.05, 0.1) is 16.5 Å². The molecule has 1 rings (SSSR count). The van der Waals surface area contributed by atoms with Crippen molar-refractivity contribution in [1.29, 1.82) is 0 Å². The third-order valence-corrected chi connectivity index (χ3v) is 1.43. The minimum Gasteiger partial charge on any atom is -0.195 e. The number of nitrogens with zero attached hydrogens (tertiary/aromatic N) is 2. The van der Waals surface area contributed by atoms with Crippen molar-refractivity contribution in [2.45, 2.75) is 0 Å². The highest BCUT2D eigenvalue weighted by Gasteiger charge is 1.88. The van der Waals surface area contributed by atoms with Crippen LogP contribution in [0.15, 0.2) is 33.6 Å². The van der Waals surface area contributed by atoms with Gasteiger partial charge in [-0.25, -0.2) is 0 Å². The minimum atomic E-state index is 0.753. The minimum absolute atomic E-state index is 0.753. The summed E-state index contributed by atoms with van der Waals surface area (Å²) in [7, 11) is 0. The summed E-state index contributed by atoms with van der Waals surface area (Å²) in [5.74, 6) is 0. The van der Waals surface area contributed by atoms with Crippen LogP contribution in [0.25, 0.3) is 0 Å². The second-order valence-corrected chi connectivity index (χ2v) is 2.18. The van der Waals surface area contributed by atoms with Crippen molar-refractivity contribution in [1.82, 2.24) is 0 Å². The zero-order chi connectivity index (χ0) is 8.10. The monoisotopic (exact) mass is 180 g/mol. The SMILES string of the molecule is S=C=Nc1ccc(N=S)cc1. The molecule has 0 bridgehead atoms. The van der Waals surface area contributed by atoms with Gasteiger partial charge in [-0.2, -0.15) is 9.36 Å². The van der Waals surface area contributed by atoms with Crippen molar-refractivity contribution in [2.24, 2.45) is 9.36 Å². The fourth-order valence-corrected chi connectivity index (χ4v) is 0.868. The largest absolute Gasteiger partial charge is 0.195 e. The molecule has 0 heterocycles. The molecule has 0 unspecified atom stereocenters. The molecule has 0 saturated heterocycles. The van der Waals surface area contributed by atoms with Crippen molar-refractivity contribution in [2.75, 3.05) is 0 Å². The summed E-state index contributed by atoms with van der Waals surface area (Å²) < 4.78 is 3.57. The normalized spacial score (nSPS) is 8.36. The van der Waals surface area contributed by atoms with E-state index in [-0.39, 0.29) is 0 Å². The average Bonchev–Trinajstić information content (AvgIpc) is 2.07. The Balaban J connectivity index is 2.99. The van der Waals surface area contributed by atoms with Crippen LogP contribution in [0.5, 0.6) is 0 Å². The Morgan fingerprint density at radius 3 is 2.09 bits per heavy atom. The molecule has 0 N–H and O–H groups in total. The number of aliphatic imine (C=N–C) groups is 1. The van der Waals surface area contributed by atoms with Crippen LogP contribution in [0.2, 0.25) is 0 Å². The Hall–Kier alpha value is -0.960. The van der Waals surface area contributed by atoms with E-state index >= 15 is 0 Å². The van der Waals surface area contributed by atoms with Crippen LogP contribution in [0.4, 0.5) is 11.4 Å². The van der Waals surface area contributed by atoms with Crippen LogP contribution in [0, 0.1) is 0 Å². The summed E-state index contributed by atoms with van der Waals surface area (Å²) in [5, 5.41) is 2.27. The van der Waals surface area contributed by atoms with Crippen molar-refractivity contribution < 1.29 is 0 Å². The highest BCUT2D eigenvalue weighted by Crippen LogP contribution is 2.17. The summed E-state index contributed by atoms with van der Waals surface area (Å²) in [6, 6.07) is 7.12. The van der Waals surface area contributed by atoms with Gasteiger partial charge >= 0.3 is 0 Å². The maximum absolute atomic E-state index is 4.48. The van der Waals surface area contributed by atoms with Gasteiger partial charge in [-0.3, -0.25) is 0 Å². The van der Waals surface area contributed by atoms with Gasteiger partial charge in [0, 0.05) is 12.4 Å². The van der Waals surface area contributed by atoms with E-state index in [1.807, 2.05) is 0 Å². The molecule has 0 aliphatic carbocycles. The first-order chi connectivity index (χ1) is 5.36. The third-order valence-electron chi connectivity index (χ3n) is 1.13. The molecular weight excluding hydrogens is 176 g/mol. The number of thiocarbonyl (C=S) groups is 1. The highest BCUT2D eigenvalue weighted by molar-refractivity contribution is 7.78. The van der Waals surface area contributed by atoms with Crippen molar-refractivity contribution in [3.8, 4) is 0 Å². The molecule has 0 spiro atoms. The van der Waals surface area contributed by atoms with E-state index in [0.717, 1.165) is 11.4 Å². The van der Waals surface area contributed by atoms with E-state index in [0.29, 0.717) is 0 Å². The highest BCUT2D eigenvalue weighted by atomic mass is 32.1. The summed E-state index contributed by atoms with van der Waals surface area (Å²) in [6.07, 6.45) is 0. The number of rotatable bonds is 2. The molecule has 0 amide bonds. The van der Waals surface area contributed by atoms with Crippen molar-refractivity contribution in [3.05, 3.63) is 24.3 Å². The van der Waals surface area contributed by atoms with Gasteiger partial charge in [0.15, 0.2) is 0 Å². The molecule has 0 aliphatic rings. The second kappa shape index (κ2) is 4.03. The van der Waals surface area contributed by atoms with Gasteiger partial charge in [-0.15, -0.1) is 0 Å². The lowest BCUT2D eigenvalue weighted by Gasteiger charge is -1.90. The Kier molecular flexibility index (Phi) is 2.98. The zero-order valence-electron chi connectivity index (χ0n) is 5.52. The molecule has 4 heteroatoms. The molecular formula is C7H4N2S2. The lowest BCUT2D eigenvalue weighted by atomic mass is 10.3. The molecule has 2 nitrogen and oxygen atoms in total. The number of isothiocyanates is 1. The van der Waals surface area contributed by atoms with Crippen molar-refractivity contribution >= 4 is 41.2 Å². The standard InChI is InChI=1S/C7H4N2S2/c10-5-8-6-1-3-7(9-11)4-2-6/h1-4H. The maximum Gasteiger partial charge on any atom is 0.0770 e. The van der Waals surface area contributed by atoms with E-state index in [1.54, 1.807) is 24.3 Å². The summed E-state index contributed by atoms with van der Waals surface area (Å²) in [4.78, 5) is 3.77. The zero-order valence-corrected chi connectivity index (χ0v) is 7.15. The second-order valence-electron chi connectivity index (χ2n) is 1.81. The van der Waals surface area contributed by atoms with Gasteiger partial charge in [0.2, 0.25) is 0 Å². The average molecular weight is 180 g/mol. The summed E-state index contributed by atoms with van der Waals surface area (Å²) in [5.41, 5.74) is 1.52. The predicted octanol–water partition coefficient (Wildman–Crippen LogP) is 2.78. The third kappa shape index (κ3) is 2.27. The lowest BCUT2D eigenvalue weighted by molar-refractivity contribution is 1.51. The first-order valence-corrected chi connectivity index (χ1v) is 3.65. The van der Waals surface area contributed by atoms with Crippen molar-refractivity contribution in [3.63, 3.8) is 0 Å². The Morgan fingerprint density at radius 2 is 1.64 bits per heavy atom. The first-order valence-electron chi connectivity index (χ1n) is 2.88. The fourth-order valence-electron chi connectivity index (χ4n) is 0.641. The van der Waals surface area contributed by atoms with E-state index in [2.05, 4.69) is 39.2 Å². The van der Waals surface area contributed by atoms with Gasteiger partial charge in [0.1, 0.15) is 0 Å². The molecule has 0 radical (unpaired) electrons. The summed E-state index contributed by atoms with van der Waals surface area (Å²) in [6.45, 7) is 0. The molecule has 0 atom stereocenters. The first kappa shape index (κ1) is 8.14. The number of benzene rings is 1. The molecule has 0 aliphatic heterocycles. The van der Waals surface area contributed by atoms with E-state index in [4.69, 9.17) is 0 Å². The van der Waals surface area contributed by atoms with Crippen LogP contribution in [0.1, 0.15) is 0 Å². The number of hydrogen-bond acceptors (Lipinski definition) is 4. The molecule has 1 aromatic rings. The molecule has 0 aromatic heterocycles. The Labute approximate surface area is 75.1 Å². The fraction of sp³-hybridized carbons (Fsp3) is 0. The maximum atomic E-state index is 4.48. The van der Waals surface area contributed by atoms with E-state index in [1.165, 1.54) is 0 Å². The van der Waals surface area contributed by atoms with Crippen LogP contribution < -0.4 is 0 Å². The van der Waals surface area contributed by atoms with E-state index in [9.17, 15) is 0 Å². The van der Waals surface area contributed by atoms with Gasteiger partial charge in [-0.1, -0.05) is 0 Å². The van der Waals surface area contributed by atoms with Gasteiger partial charge in [-0.05, 0) is 36.5 Å². The van der Waals surface area contributed by atoms with E-state index < -0.39 is 0 Å². The number of hydrogen-bond donors (Lipinski definition) is 0. The quantitative estimate of drug-likeness (QED) is 0.516. The molecule has 54 valence electrons. The van der Waals surface area contributed by atoms with Crippen LogP contribution >= 0.6 is 12.2 Å². The molecule has 11 heavy (non-hydrogen) atoms. The molecule has 0 fully saturated rings. The molecule has 0 saturated carbocycles. The smallest absolute Gasteiger partial charge is 0.0770 e.